The molecular weight excluding hydrogens is 498 g/mol. The van der Waals surface area contributed by atoms with Crippen LogP contribution in [0, 0.1) is 12.3 Å². The highest BCUT2D eigenvalue weighted by Crippen LogP contribution is 2.31. The van der Waals surface area contributed by atoms with Crippen LogP contribution in [0.15, 0.2) is 36.4 Å². The van der Waals surface area contributed by atoms with E-state index in [1.807, 2.05) is 20.8 Å². The minimum atomic E-state index is -0.591. The standard InChI is InChI=1S/C31H42ClN3O3/c1-23-9-8-11-26(29(23)32)34-19-17-33(18-20-34)16-7-5-6-10-24-12-13-25-14-15-28(36)35(27(25)21-24)22-38-30(37)31(2,3)4/h8-9,11-13,21H,5-7,10,14-20,22H2,1-4H3. The van der Waals surface area contributed by atoms with Crippen LogP contribution in [-0.2, 0) is 27.2 Å². The first-order valence-corrected chi connectivity index (χ1v) is 14.3. The lowest BCUT2D eigenvalue weighted by atomic mass is 9.97. The zero-order valence-corrected chi connectivity index (χ0v) is 24.1. The van der Waals surface area contributed by atoms with E-state index < -0.39 is 5.41 Å². The van der Waals surface area contributed by atoms with Gasteiger partial charge >= 0.3 is 5.97 Å². The van der Waals surface area contributed by atoms with Crippen molar-refractivity contribution in [3.8, 4) is 0 Å². The molecular formula is C31H42ClN3O3. The summed E-state index contributed by atoms with van der Waals surface area (Å²) in [6.45, 7) is 12.8. The number of carbonyl (C=O) groups excluding carboxylic acids is 2. The molecule has 1 saturated heterocycles. The van der Waals surface area contributed by atoms with E-state index in [1.165, 1.54) is 18.4 Å². The zero-order chi connectivity index (χ0) is 27.3. The molecule has 0 spiro atoms. The normalized spacial score (nSPS) is 16.5. The van der Waals surface area contributed by atoms with Crippen molar-refractivity contribution in [2.75, 3.05) is 49.3 Å². The molecule has 2 aliphatic rings. The molecule has 0 radical (unpaired) electrons. The Balaban J connectivity index is 1.21. The van der Waals surface area contributed by atoms with Gasteiger partial charge in [0.1, 0.15) is 0 Å². The largest absolute Gasteiger partial charge is 0.443 e. The number of unbranched alkanes of at least 4 members (excludes halogenated alkanes) is 2. The lowest BCUT2D eigenvalue weighted by molar-refractivity contribution is -0.153. The van der Waals surface area contributed by atoms with Gasteiger partial charge in [0.15, 0.2) is 6.73 Å². The van der Waals surface area contributed by atoms with Crippen molar-refractivity contribution in [3.63, 3.8) is 0 Å². The second-order valence-electron chi connectivity index (χ2n) is 11.6. The first-order valence-electron chi connectivity index (χ1n) is 14.0. The van der Waals surface area contributed by atoms with Crippen LogP contribution in [0.25, 0.3) is 0 Å². The number of fused-ring (bicyclic) bond motifs is 1. The maximum atomic E-state index is 12.6. The van der Waals surface area contributed by atoms with Gasteiger partial charge in [0.25, 0.3) is 0 Å². The van der Waals surface area contributed by atoms with E-state index in [0.29, 0.717) is 6.42 Å². The van der Waals surface area contributed by atoms with Gasteiger partial charge in [-0.05, 0) is 88.7 Å². The minimum absolute atomic E-state index is 0.0149. The van der Waals surface area contributed by atoms with Gasteiger partial charge in [-0.3, -0.25) is 19.4 Å². The Hall–Kier alpha value is -2.57. The van der Waals surface area contributed by atoms with Crippen molar-refractivity contribution in [1.29, 1.82) is 0 Å². The fraction of sp³-hybridized carbons (Fsp3) is 0.548. The summed E-state index contributed by atoms with van der Waals surface area (Å²) in [5.41, 5.74) is 4.97. The second kappa shape index (κ2) is 12.5. The van der Waals surface area contributed by atoms with Gasteiger partial charge in [0.2, 0.25) is 5.91 Å². The molecule has 0 bridgehead atoms. The summed E-state index contributed by atoms with van der Waals surface area (Å²) in [4.78, 5) is 31.5. The number of hydrogen-bond donors (Lipinski definition) is 0. The fourth-order valence-electron chi connectivity index (χ4n) is 5.15. The van der Waals surface area contributed by atoms with Crippen LogP contribution in [0.1, 0.15) is 63.1 Å². The van der Waals surface area contributed by atoms with Gasteiger partial charge in [-0.25, -0.2) is 0 Å². The molecule has 2 heterocycles. The molecule has 0 saturated carbocycles. The second-order valence-corrected chi connectivity index (χ2v) is 12.0. The lowest BCUT2D eigenvalue weighted by Crippen LogP contribution is -2.46. The summed E-state index contributed by atoms with van der Waals surface area (Å²) >= 11 is 6.54. The van der Waals surface area contributed by atoms with E-state index >= 15 is 0 Å². The number of hydrogen-bond acceptors (Lipinski definition) is 5. The summed E-state index contributed by atoms with van der Waals surface area (Å²) in [7, 11) is 0. The predicted octanol–water partition coefficient (Wildman–Crippen LogP) is 6.01. The van der Waals surface area contributed by atoms with E-state index in [4.69, 9.17) is 16.3 Å². The van der Waals surface area contributed by atoms with Gasteiger partial charge in [0.05, 0.1) is 21.8 Å². The van der Waals surface area contributed by atoms with Crippen LogP contribution < -0.4 is 9.80 Å². The van der Waals surface area contributed by atoms with Gasteiger partial charge in [-0.1, -0.05) is 42.3 Å². The van der Waals surface area contributed by atoms with E-state index in [-0.39, 0.29) is 18.6 Å². The number of aryl methyl sites for hydroxylation is 3. The quantitative estimate of drug-likeness (QED) is 0.288. The average molecular weight is 540 g/mol. The number of carbonyl (C=O) groups is 2. The summed E-state index contributed by atoms with van der Waals surface area (Å²) in [6, 6.07) is 12.7. The molecule has 2 aromatic carbocycles. The Morgan fingerprint density at radius 2 is 1.74 bits per heavy atom. The molecule has 38 heavy (non-hydrogen) atoms. The predicted molar refractivity (Wildman–Crippen MR) is 155 cm³/mol. The molecule has 2 aromatic rings. The van der Waals surface area contributed by atoms with Gasteiger partial charge < -0.3 is 9.64 Å². The van der Waals surface area contributed by atoms with Gasteiger partial charge in [-0.2, -0.15) is 0 Å². The summed E-state index contributed by atoms with van der Waals surface area (Å²) in [5.74, 6) is -0.282. The topological polar surface area (TPSA) is 53.1 Å². The Labute approximate surface area is 232 Å². The molecule has 0 atom stereocenters. The summed E-state index contributed by atoms with van der Waals surface area (Å²) in [6.07, 6.45) is 5.64. The van der Waals surface area contributed by atoms with E-state index in [9.17, 15) is 9.59 Å². The molecule has 0 aliphatic carbocycles. The molecule has 0 aromatic heterocycles. The SMILES string of the molecule is Cc1cccc(N2CCN(CCCCCc3ccc4c(c3)N(COC(=O)C(C)(C)C)C(=O)CC4)CC2)c1Cl. The zero-order valence-electron chi connectivity index (χ0n) is 23.4. The maximum Gasteiger partial charge on any atom is 0.312 e. The Bertz CT molecular complexity index is 1140. The Morgan fingerprint density at radius 3 is 2.47 bits per heavy atom. The first kappa shape index (κ1) is 28.4. The van der Waals surface area contributed by atoms with Crippen molar-refractivity contribution in [3.05, 3.63) is 58.1 Å². The number of amides is 1. The summed E-state index contributed by atoms with van der Waals surface area (Å²) in [5, 5.41) is 0.876. The Kier molecular flexibility index (Phi) is 9.37. The number of halogens is 1. The number of nitrogens with zero attached hydrogens (tertiary/aromatic N) is 3. The van der Waals surface area contributed by atoms with Crippen molar-refractivity contribution >= 4 is 34.9 Å². The molecule has 1 fully saturated rings. The van der Waals surface area contributed by atoms with Crippen LogP contribution in [0.2, 0.25) is 5.02 Å². The van der Waals surface area contributed by atoms with E-state index in [0.717, 1.165) is 79.5 Å². The first-order chi connectivity index (χ1) is 18.1. The van der Waals surface area contributed by atoms with E-state index in [2.05, 4.69) is 53.1 Å². The van der Waals surface area contributed by atoms with E-state index in [1.54, 1.807) is 4.90 Å². The molecule has 1 amide bonds. The van der Waals surface area contributed by atoms with Crippen molar-refractivity contribution < 1.29 is 14.3 Å². The van der Waals surface area contributed by atoms with Crippen molar-refractivity contribution in [2.45, 2.75) is 66.2 Å². The Morgan fingerprint density at radius 1 is 0.974 bits per heavy atom. The minimum Gasteiger partial charge on any atom is -0.443 e. The number of piperazine rings is 1. The molecule has 7 heteroatoms. The van der Waals surface area contributed by atoms with Crippen LogP contribution in [-0.4, -0.2) is 56.2 Å². The third kappa shape index (κ3) is 7.09. The molecule has 4 rings (SSSR count). The molecule has 0 unspecified atom stereocenters. The van der Waals surface area contributed by atoms with Crippen molar-refractivity contribution in [1.82, 2.24) is 4.90 Å². The molecule has 0 N–H and O–H groups in total. The maximum absolute atomic E-state index is 12.6. The summed E-state index contributed by atoms with van der Waals surface area (Å²) < 4.78 is 5.48. The third-order valence-electron chi connectivity index (χ3n) is 7.61. The lowest BCUT2D eigenvalue weighted by Gasteiger charge is -2.36. The monoisotopic (exact) mass is 539 g/mol. The number of anilines is 2. The number of rotatable bonds is 9. The van der Waals surface area contributed by atoms with Crippen LogP contribution in [0.5, 0.6) is 0 Å². The average Bonchev–Trinajstić information content (AvgIpc) is 2.89. The number of ether oxygens (including phenoxy) is 1. The highest BCUT2D eigenvalue weighted by molar-refractivity contribution is 6.34. The molecule has 6 nitrogen and oxygen atoms in total. The number of benzene rings is 2. The number of esters is 1. The van der Waals surface area contributed by atoms with Crippen LogP contribution >= 0.6 is 11.6 Å². The highest BCUT2D eigenvalue weighted by atomic mass is 35.5. The third-order valence-corrected chi connectivity index (χ3v) is 8.10. The van der Waals surface area contributed by atoms with Gasteiger partial charge in [-0.15, -0.1) is 0 Å². The fourth-order valence-corrected chi connectivity index (χ4v) is 5.40. The van der Waals surface area contributed by atoms with Crippen LogP contribution in [0.3, 0.4) is 0 Å². The molecule has 206 valence electrons. The van der Waals surface area contributed by atoms with Gasteiger partial charge in [0, 0.05) is 32.6 Å². The smallest absolute Gasteiger partial charge is 0.312 e. The highest BCUT2D eigenvalue weighted by Gasteiger charge is 2.28. The van der Waals surface area contributed by atoms with Crippen molar-refractivity contribution in [2.24, 2.45) is 5.41 Å². The van der Waals surface area contributed by atoms with Crippen LogP contribution in [0.4, 0.5) is 11.4 Å². The molecule has 2 aliphatic heterocycles.